The zero-order valence-corrected chi connectivity index (χ0v) is 25.4. The fourth-order valence-electron chi connectivity index (χ4n) is 4.93. The lowest BCUT2D eigenvalue weighted by Gasteiger charge is -2.41. The Labute approximate surface area is 256 Å². The van der Waals surface area contributed by atoms with Crippen LogP contribution in [0.2, 0.25) is 10.3 Å². The smallest absolute Gasteiger partial charge is 0.220 e. The molecule has 0 aliphatic carbocycles. The highest BCUT2D eigenvalue weighted by atomic mass is 35.5. The Morgan fingerprint density at radius 3 is 2.29 bits per heavy atom. The summed E-state index contributed by atoms with van der Waals surface area (Å²) >= 11 is 12.4. The molecule has 3 aromatic rings. The molecule has 226 valence electrons. The molecular formula is C31H38Cl2N4O5. The number of benzene rings is 2. The van der Waals surface area contributed by atoms with Crippen molar-refractivity contribution in [2.75, 3.05) is 6.54 Å². The number of nitrogens with zero attached hydrogens (tertiary/aromatic N) is 2. The molecule has 1 fully saturated rings. The summed E-state index contributed by atoms with van der Waals surface area (Å²) in [5.74, 6) is -0.0612. The Bertz CT molecular complexity index is 1320. The molecule has 42 heavy (non-hydrogen) atoms. The van der Waals surface area contributed by atoms with E-state index in [4.69, 9.17) is 32.7 Å². The van der Waals surface area contributed by atoms with Gasteiger partial charge in [-0.3, -0.25) is 9.59 Å². The molecule has 2 aromatic carbocycles. The van der Waals surface area contributed by atoms with E-state index >= 15 is 0 Å². The summed E-state index contributed by atoms with van der Waals surface area (Å²) in [4.78, 5) is 27.3. The van der Waals surface area contributed by atoms with Crippen LogP contribution in [0.4, 0.5) is 0 Å². The largest absolute Gasteiger partial charge is 0.392 e. The highest BCUT2D eigenvalue weighted by molar-refractivity contribution is 6.40. The van der Waals surface area contributed by atoms with Crippen LogP contribution < -0.4 is 10.6 Å². The number of aliphatic hydroxyl groups excluding tert-OH is 1. The van der Waals surface area contributed by atoms with Crippen molar-refractivity contribution in [3.05, 3.63) is 87.4 Å². The van der Waals surface area contributed by atoms with E-state index in [2.05, 4.69) is 22.5 Å². The third-order valence-electron chi connectivity index (χ3n) is 7.43. The number of nitrogens with one attached hydrogen (secondary N) is 2. The van der Waals surface area contributed by atoms with Crippen molar-refractivity contribution in [2.24, 2.45) is 5.92 Å². The number of hydrogen-bond donors (Lipinski definition) is 3. The number of unbranched alkanes of at least 4 members (excludes halogenated alkanes) is 2. The monoisotopic (exact) mass is 616 g/mol. The first-order valence-corrected chi connectivity index (χ1v) is 15.0. The molecule has 9 nitrogen and oxygen atoms in total. The lowest BCUT2D eigenvalue weighted by molar-refractivity contribution is -0.276. The van der Waals surface area contributed by atoms with E-state index in [0.29, 0.717) is 31.2 Å². The molecular weight excluding hydrogens is 579 g/mol. The van der Waals surface area contributed by atoms with E-state index in [1.165, 1.54) is 6.92 Å². The predicted octanol–water partition coefficient (Wildman–Crippen LogP) is 5.49. The summed E-state index contributed by atoms with van der Waals surface area (Å²) in [6, 6.07) is 15.6. The molecule has 1 aromatic heterocycles. The Kier molecular flexibility index (Phi) is 11.8. The van der Waals surface area contributed by atoms with Crippen LogP contribution in [0.1, 0.15) is 74.2 Å². The van der Waals surface area contributed by atoms with Gasteiger partial charge in [0.05, 0.1) is 31.7 Å². The Balaban J connectivity index is 1.38. The number of aromatic nitrogens is 2. The molecule has 4 rings (SSSR count). The number of carbonyl (C=O) groups excluding carboxylic acids is 2. The number of aliphatic hydroxyl groups is 1. The molecule has 11 heteroatoms. The number of rotatable bonds is 13. The Morgan fingerprint density at radius 1 is 0.952 bits per heavy atom. The number of ether oxygens (including phenoxy) is 2. The minimum Gasteiger partial charge on any atom is -0.392 e. The van der Waals surface area contributed by atoms with Gasteiger partial charge in [-0.05, 0) is 29.5 Å². The third kappa shape index (κ3) is 8.78. The molecule has 2 amide bonds. The van der Waals surface area contributed by atoms with Crippen LogP contribution in [0.15, 0.2) is 54.9 Å². The minimum atomic E-state index is -0.632. The van der Waals surface area contributed by atoms with Gasteiger partial charge in [0.15, 0.2) is 11.4 Å². The molecule has 0 saturated carbocycles. The standard InChI is InChI=1S/C31H38Cl2N4O5/c1-20-26(17-37-19-36-29(32)30(37)33)41-31(42-28(20)24-11-9-23(18-38)10-12-24)25-13-7-22(8-14-25)16-35-27(40)6-4-3-5-15-34-21(2)39/h7-14,19-20,26,28,31,38H,3-6,15-18H2,1-2H3,(H,34,39)(H,35,40)/t20-,26+,28+,31+/m1/s1. The Morgan fingerprint density at radius 2 is 1.64 bits per heavy atom. The molecule has 0 radical (unpaired) electrons. The van der Waals surface area contributed by atoms with Gasteiger partial charge >= 0.3 is 0 Å². The van der Waals surface area contributed by atoms with Gasteiger partial charge < -0.3 is 29.8 Å². The zero-order chi connectivity index (χ0) is 30.1. The minimum absolute atomic E-state index is 0.00250. The highest BCUT2D eigenvalue weighted by Gasteiger charge is 2.38. The first-order valence-electron chi connectivity index (χ1n) is 14.2. The van der Waals surface area contributed by atoms with Crippen molar-refractivity contribution in [1.29, 1.82) is 0 Å². The molecule has 1 aliphatic heterocycles. The second-order valence-electron chi connectivity index (χ2n) is 10.6. The van der Waals surface area contributed by atoms with Crippen LogP contribution in [-0.4, -0.2) is 39.1 Å². The fourth-order valence-corrected chi connectivity index (χ4v) is 5.24. The zero-order valence-electron chi connectivity index (χ0n) is 23.9. The summed E-state index contributed by atoms with van der Waals surface area (Å²) in [5, 5.41) is 15.8. The van der Waals surface area contributed by atoms with Crippen LogP contribution >= 0.6 is 23.2 Å². The maximum Gasteiger partial charge on any atom is 0.220 e. The SMILES string of the molecule is CC(=O)NCCCCCC(=O)NCc1ccc([C@H]2O[C@@H](Cn3cnc(Cl)c3Cl)[C@@H](C)[C@@H](c3ccc(CO)cc3)O2)cc1. The van der Waals surface area contributed by atoms with Gasteiger partial charge in [-0.25, -0.2) is 4.98 Å². The molecule has 0 spiro atoms. The van der Waals surface area contributed by atoms with Crippen molar-refractivity contribution in [1.82, 2.24) is 20.2 Å². The molecule has 0 bridgehead atoms. The molecule has 4 atom stereocenters. The first kappa shape index (κ1) is 32.0. The second kappa shape index (κ2) is 15.5. The van der Waals surface area contributed by atoms with E-state index in [0.717, 1.165) is 41.5 Å². The van der Waals surface area contributed by atoms with Gasteiger partial charge in [-0.1, -0.05) is 85.1 Å². The normalized spacial score (nSPS) is 20.3. The van der Waals surface area contributed by atoms with Crippen molar-refractivity contribution >= 4 is 35.0 Å². The Hall–Kier alpha value is -2.95. The lowest BCUT2D eigenvalue weighted by atomic mass is 9.90. The quantitative estimate of drug-likeness (QED) is 0.219. The number of amides is 2. The van der Waals surface area contributed by atoms with E-state index in [1.807, 2.05) is 48.5 Å². The average molecular weight is 618 g/mol. The maximum absolute atomic E-state index is 12.3. The van der Waals surface area contributed by atoms with Crippen LogP contribution in [-0.2, 0) is 38.8 Å². The molecule has 3 N–H and O–H groups in total. The van der Waals surface area contributed by atoms with E-state index < -0.39 is 6.29 Å². The summed E-state index contributed by atoms with van der Waals surface area (Å²) in [6.07, 6.45) is 3.42. The van der Waals surface area contributed by atoms with Crippen molar-refractivity contribution < 1.29 is 24.2 Å². The van der Waals surface area contributed by atoms with Gasteiger partial charge in [0.1, 0.15) is 5.15 Å². The number of halogens is 2. The summed E-state index contributed by atoms with van der Waals surface area (Å²) in [6.45, 7) is 5.06. The summed E-state index contributed by atoms with van der Waals surface area (Å²) in [5.41, 5.74) is 3.64. The number of imidazole rings is 1. The summed E-state index contributed by atoms with van der Waals surface area (Å²) in [7, 11) is 0. The molecule has 2 heterocycles. The fraction of sp³-hybridized carbons (Fsp3) is 0.452. The van der Waals surface area contributed by atoms with Gasteiger partial charge in [0.2, 0.25) is 11.8 Å². The lowest BCUT2D eigenvalue weighted by Crippen LogP contribution is -2.39. The second-order valence-corrected chi connectivity index (χ2v) is 11.3. The third-order valence-corrected chi connectivity index (χ3v) is 8.20. The molecule has 0 unspecified atom stereocenters. The van der Waals surface area contributed by atoms with Crippen molar-refractivity contribution in [3.8, 4) is 0 Å². The van der Waals surface area contributed by atoms with Gasteiger partial charge in [0.25, 0.3) is 0 Å². The highest BCUT2D eigenvalue weighted by Crippen LogP contribution is 2.42. The topological polar surface area (TPSA) is 115 Å². The average Bonchev–Trinajstić information content (AvgIpc) is 3.31. The number of carbonyl (C=O) groups is 2. The van der Waals surface area contributed by atoms with Gasteiger partial charge in [-0.15, -0.1) is 0 Å². The van der Waals surface area contributed by atoms with Crippen molar-refractivity contribution in [3.63, 3.8) is 0 Å². The van der Waals surface area contributed by atoms with Crippen LogP contribution in [0, 0.1) is 5.92 Å². The van der Waals surface area contributed by atoms with E-state index in [1.54, 1.807) is 10.9 Å². The van der Waals surface area contributed by atoms with Crippen LogP contribution in [0.5, 0.6) is 0 Å². The van der Waals surface area contributed by atoms with E-state index in [-0.39, 0.29) is 41.7 Å². The molecule has 1 saturated heterocycles. The summed E-state index contributed by atoms with van der Waals surface area (Å²) < 4.78 is 14.7. The number of hydrogen-bond acceptors (Lipinski definition) is 6. The van der Waals surface area contributed by atoms with E-state index in [9.17, 15) is 14.7 Å². The first-order chi connectivity index (χ1) is 20.2. The van der Waals surface area contributed by atoms with Gasteiger partial charge in [0, 0.05) is 37.9 Å². The maximum atomic E-state index is 12.3. The van der Waals surface area contributed by atoms with Crippen LogP contribution in [0.25, 0.3) is 0 Å². The predicted molar refractivity (Wildman–Crippen MR) is 161 cm³/mol. The van der Waals surface area contributed by atoms with Crippen LogP contribution in [0.3, 0.4) is 0 Å². The molecule has 1 aliphatic rings. The van der Waals surface area contributed by atoms with Crippen molar-refractivity contribution in [2.45, 2.75) is 77.7 Å². The van der Waals surface area contributed by atoms with Gasteiger partial charge in [-0.2, -0.15) is 0 Å².